The third kappa shape index (κ3) is 2.71. The Balaban J connectivity index is 2.24. The fraction of sp³-hybridized carbons (Fsp3) is 0.214. The number of benzene rings is 1. The lowest BCUT2D eigenvalue weighted by Crippen LogP contribution is -1.96. The smallest absolute Gasteiger partial charge is 0.137 e. The summed E-state index contributed by atoms with van der Waals surface area (Å²) in [4.78, 5) is 4.29. The number of nitrogens with zero attached hydrogens (tertiary/aromatic N) is 1. The topological polar surface area (TPSA) is 51.6 Å². The highest BCUT2D eigenvalue weighted by Gasteiger charge is 2.06. The maximum Gasteiger partial charge on any atom is 0.137 e. The molecule has 2 aromatic rings. The summed E-state index contributed by atoms with van der Waals surface area (Å²) in [7, 11) is 3.21. The average Bonchev–Trinajstić information content (AvgIpc) is 2.40. The minimum atomic E-state index is 0.222. The van der Waals surface area contributed by atoms with Gasteiger partial charge in [-0.2, -0.15) is 0 Å². The number of aromatic nitrogens is 1. The summed E-state index contributed by atoms with van der Waals surface area (Å²) >= 11 is 0. The molecule has 18 heavy (non-hydrogen) atoms. The number of pyridine rings is 1. The lowest BCUT2D eigenvalue weighted by atomic mass is 10.1. The van der Waals surface area contributed by atoms with E-state index in [2.05, 4.69) is 4.98 Å². The second-order valence-corrected chi connectivity index (χ2v) is 3.86. The predicted octanol–water partition coefficient (Wildman–Crippen LogP) is 2.40. The molecule has 0 aliphatic rings. The molecule has 1 N–H and O–H groups in total. The van der Waals surface area contributed by atoms with E-state index in [1.807, 2.05) is 12.1 Å². The fourth-order valence-electron chi connectivity index (χ4n) is 1.73. The molecule has 0 radical (unpaired) electrons. The molecule has 1 aromatic heterocycles. The largest absolute Gasteiger partial charge is 0.508 e. The molecule has 0 fully saturated rings. The summed E-state index contributed by atoms with van der Waals surface area (Å²) in [6.45, 7) is 0. The number of methoxy groups -OCH3 is 2. The van der Waals surface area contributed by atoms with E-state index in [1.54, 1.807) is 38.6 Å². The number of hydrogen-bond donors (Lipinski definition) is 1. The molecule has 4 nitrogen and oxygen atoms in total. The van der Waals surface area contributed by atoms with E-state index in [-0.39, 0.29) is 5.75 Å². The van der Waals surface area contributed by atoms with Gasteiger partial charge >= 0.3 is 0 Å². The second kappa shape index (κ2) is 5.40. The molecule has 0 saturated carbocycles. The Morgan fingerprint density at radius 2 is 1.94 bits per heavy atom. The third-order valence-corrected chi connectivity index (χ3v) is 2.67. The van der Waals surface area contributed by atoms with Gasteiger partial charge in [-0.15, -0.1) is 0 Å². The van der Waals surface area contributed by atoms with E-state index in [1.165, 1.54) is 0 Å². The van der Waals surface area contributed by atoms with Gasteiger partial charge in [0.05, 0.1) is 20.4 Å². The first-order valence-corrected chi connectivity index (χ1v) is 5.57. The molecule has 0 spiro atoms. The van der Waals surface area contributed by atoms with Crippen molar-refractivity contribution in [2.45, 2.75) is 6.42 Å². The molecule has 94 valence electrons. The number of phenols is 1. The number of aromatic hydroxyl groups is 1. The Bertz CT molecular complexity index is 523. The minimum absolute atomic E-state index is 0.222. The summed E-state index contributed by atoms with van der Waals surface area (Å²) in [6, 6.07) is 8.78. The quantitative estimate of drug-likeness (QED) is 0.898. The molecule has 0 aliphatic carbocycles. The summed E-state index contributed by atoms with van der Waals surface area (Å²) < 4.78 is 10.3. The van der Waals surface area contributed by atoms with Crippen LogP contribution in [0, 0.1) is 0 Å². The third-order valence-electron chi connectivity index (χ3n) is 2.67. The highest BCUT2D eigenvalue weighted by molar-refractivity contribution is 5.41. The van der Waals surface area contributed by atoms with Crippen LogP contribution >= 0.6 is 0 Å². The maximum atomic E-state index is 9.50. The van der Waals surface area contributed by atoms with Gasteiger partial charge in [0.15, 0.2) is 0 Å². The van der Waals surface area contributed by atoms with E-state index < -0.39 is 0 Å². The average molecular weight is 245 g/mol. The van der Waals surface area contributed by atoms with E-state index in [4.69, 9.17) is 9.47 Å². The van der Waals surface area contributed by atoms with Gasteiger partial charge in [-0.3, -0.25) is 4.98 Å². The minimum Gasteiger partial charge on any atom is -0.508 e. The van der Waals surface area contributed by atoms with Crippen LogP contribution in [0.4, 0.5) is 0 Å². The van der Waals surface area contributed by atoms with Crippen molar-refractivity contribution in [1.82, 2.24) is 4.98 Å². The molecular formula is C14H15NO3. The number of phenolic OH excluding ortho intramolecular Hbond substituents is 1. The molecular weight excluding hydrogens is 230 g/mol. The van der Waals surface area contributed by atoms with Crippen LogP contribution in [0.2, 0.25) is 0 Å². The van der Waals surface area contributed by atoms with Crippen molar-refractivity contribution in [2.24, 2.45) is 0 Å². The van der Waals surface area contributed by atoms with Gasteiger partial charge in [0.1, 0.15) is 17.2 Å². The zero-order chi connectivity index (χ0) is 13.0. The van der Waals surface area contributed by atoms with Crippen molar-refractivity contribution in [3.63, 3.8) is 0 Å². The Hall–Kier alpha value is -2.23. The van der Waals surface area contributed by atoms with Gasteiger partial charge in [0, 0.05) is 17.7 Å². The van der Waals surface area contributed by atoms with Crippen LogP contribution in [-0.4, -0.2) is 24.3 Å². The zero-order valence-corrected chi connectivity index (χ0v) is 10.4. The van der Waals surface area contributed by atoms with Crippen molar-refractivity contribution in [3.05, 3.63) is 47.8 Å². The van der Waals surface area contributed by atoms with Crippen molar-refractivity contribution in [2.75, 3.05) is 14.2 Å². The van der Waals surface area contributed by atoms with Crippen molar-refractivity contribution in [3.8, 4) is 17.2 Å². The molecule has 0 aliphatic heterocycles. The molecule has 2 rings (SSSR count). The van der Waals surface area contributed by atoms with Crippen LogP contribution in [0.25, 0.3) is 0 Å². The molecule has 4 heteroatoms. The molecule has 0 unspecified atom stereocenters. The van der Waals surface area contributed by atoms with E-state index in [0.29, 0.717) is 6.42 Å². The SMILES string of the molecule is COc1ccc(Cc2cc(O)ccc2OC)nc1. The highest BCUT2D eigenvalue weighted by Crippen LogP contribution is 2.25. The van der Waals surface area contributed by atoms with Gasteiger partial charge in [-0.05, 0) is 30.3 Å². The van der Waals surface area contributed by atoms with Crippen molar-refractivity contribution in [1.29, 1.82) is 0 Å². The van der Waals surface area contributed by atoms with Crippen molar-refractivity contribution < 1.29 is 14.6 Å². The summed E-state index contributed by atoms with van der Waals surface area (Å²) in [6.07, 6.45) is 2.27. The Kier molecular flexibility index (Phi) is 3.67. The van der Waals surface area contributed by atoms with Gasteiger partial charge in [-0.25, -0.2) is 0 Å². The summed E-state index contributed by atoms with van der Waals surface area (Å²) in [5, 5.41) is 9.50. The normalized spacial score (nSPS) is 10.1. The highest BCUT2D eigenvalue weighted by atomic mass is 16.5. The molecule has 0 atom stereocenters. The van der Waals surface area contributed by atoms with Crippen LogP contribution in [0.1, 0.15) is 11.3 Å². The van der Waals surface area contributed by atoms with Crippen LogP contribution in [0.5, 0.6) is 17.2 Å². The fourth-order valence-corrected chi connectivity index (χ4v) is 1.73. The number of ether oxygens (including phenoxy) is 2. The lowest BCUT2D eigenvalue weighted by Gasteiger charge is -2.09. The molecule has 0 amide bonds. The zero-order valence-electron chi connectivity index (χ0n) is 10.4. The van der Waals surface area contributed by atoms with Gasteiger partial charge in [0.2, 0.25) is 0 Å². The predicted molar refractivity (Wildman–Crippen MR) is 68.3 cm³/mol. The van der Waals surface area contributed by atoms with Gasteiger partial charge in [-0.1, -0.05) is 0 Å². The second-order valence-electron chi connectivity index (χ2n) is 3.86. The Labute approximate surface area is 106 Å². The van der Waals surface area contributed by atoms with E-state index in [0.717, 1.165) is 22.8 Å². The van der Waals surface area contributed by atoms with Crippen molar-refractivity contribution >= 4 is 0 Å². The Morgan fingerprint density at radius 3 is 2.56 bits per heavy atom. The maximum absolute atomic E-state index is 9.50. The van der Waals surface area contributed by atoms with Crippen LogP contribution in [-0.2, 0) is 6.42 Å². The standard InChI is InChI=1S/C14H15NO3/c1-17-13-5-3-11(15-9-13)7-10-8-12(16)4-6-14(10)18-2/h3-6,8-9,16H,7H2,1-2H3. The van der Waals surface area contributed by atoms with Crippen LogP contribution < -0.4 is 9.47 Å². The number of hydrogen-bond acceptors (Lipinski definition) is 4. The monoisotopic (exact) mass is 245 g/mol. The summed E-state index contributed by atoms with van der Waals surface area (Å²) in [5.74, 6) is 1.69. The first-order valence-electron chi connectivity index (χ1n) is 5.57. The van der Waals surface area contributed by atoms with Crippen LogP contribution in [0.15, 0.2) is 36.5 Å². The first-order chi connectivity index (χ1) is 8.72. The summed E-state index contributed by atoms with van der Waals surface area (Å²) in [5.41, 5.74) is 1.79. The lowest BCUT2D eigenvalue weighted by molar-refractivity contribution is 0.407. The molecule has 0 saturated heterocycles. The Morgan fingerprint density at radius 1 is 1.11 bits per heavy atom. The van der Waals surface area contributed by atoms with E-state index >= 15 is 0 Å². The van der Waals surface area contributed by atoms with Crippen LogP contribution in [0.3, 0.4) is 0 Å². The molecule has 1 heterocycles. The van der Waals surface area contributed by atoms with E-state index in [9.17, 15) is 5.11 Å². The first kappa shape index (κ1) is 12.2. The molecule has 0 bridgehead atoms. The van der Waals surface area contributed by atoms with Gasteiger partial charge < -0.3 is 14.6 Å². The molecule has 1 aromatic carbocycles. The van der Waals surface area contributed by atoms with Gasteiger partial charge in [0.25, 0.3) is 0 Å². The number of rotatable bonds is 4.